The Balaban J connectivity index is 2.21. The van der Waals surface area contributed by atoms with E-state index in [4.69, 9.17) is 15.3 Å². The predicted molar refractivity (Wildman–Crippen MR) is 46.6 cm³/mol. The Labute approximate surface area is 76.8 Å². The number of hydrogen-bond donors (Lipinski definition) is 2. The van der Waals surface area contributed by atoms with Crippen molar-refractivity contribution in [2.24, 2.45) is 0 Å². The second kappa shape index (κ2) is 4.23. The number of carbonyl (C=O) groups excluding carboxylic acids is 1. The molecule has 1 aliphatic rings. The second-order valence-electron chi connectivity index (χ2n) is 2.99. The maximum absolute atomic E-state index is 11.3. The van der Waals surface area contributed by atoms with Crippen LogP contribution in [-0.2, 0) is 9.53 Å². The number of aliphatic hydroxyl groups excluding tert-OH is 1. The fraction of sp³-hybridized carbons (Fsp3) is 0.750. The third-order valence-electron chi connectivity index (χ3n) is 1.85. The maximum Gasteiger partial charge on any atom is 0.232 e. The summed E-state index contributed by atoms with van der Waals surface area (Å²) in [5.74, 6) is -0.155. The lowest BCUT2D eigenvalue weighted by atomic mass is 10.1. The molecule has 1 fully saturated rings. The quantitative estimate of drug-likeness (QED) is 0.465. The molecule has 1 rings (SSSR count). The van der Waals surface area contributed by atoms with Crippen LogP contribution in [0.3, 0.4) is 0 Å². The zero-order valence-electron chi connectivity index (χ0n) is 7.62. The van der Waals surface area contributed by atoms with Crippen molar-refractivity contribution in [3.8, 4) is 0 Å². The van der Waals surface area contributed by atoms with Crippen LogP contribution in [0.4, 0.5) is 0 Å². The largest absolute Gasteiger partial charge is 0.481 e. The summed E-state index contributed by atoms with van der Waals surface area (Å²) in [5.41, 5.74) is 0. The van der Waals surface area contributed by atoms with Crippen molar-refractivity contribution in [3.63, 3.8) is 0 Å². The summed E-state index contributed by atoms with van der Waals surface area (Å²) in [6, 6.07) is 0. The van der Waals surface area contributed by atoms with Gasteiger partial charge >= 0.3 is 0 Å². The van der Waals surface area contributed by atoms with Crippen molar-refractivity contribution in [2.75, 3.05) is 19.7 Å². The van der Waals surface area contributed by atoms with E-state index in [-0.39, 0.29) is 24.3 Å². The number of nitrogens with one attached hydrogen (secondary N) is 1. The van der Waals surface area contributed by atoms with Crippen LogP contribution in [0.5, 0.6) is 0 Å². The second-order valence-corrected chi connectivity index (χ2v) is 2.99. The standard InChI is InChI=1S/C8H14N2O3/c1-2-13-7(9)3-8(12)10-4-6(11)5-10/h6,9,11H,2-5H2,1H3. The molecule has 0 aromatic carbocycles. The van der Waals surface area contributed by atoms with Gasteiger partial charge in [0, 0.05) is 13.1 Å². The lowest BCUT2D eigenvalue weighted by Gasteiger charge is -2.35. The highest BCUT2D eigenvalue weighted by atomic mass is 16.5. The topological polar surface area (TPSA) is 73.6 Å². The Hall–Kier alpha value is -1.10. The van der Waals surface area contributed by atoms with Gasteiger partial charge in [-0.1, -0.05) is 0 Å². The highest BCUT2D eigenvalue weighted by Gasteiger charge is 2.29. The number of hydrogen-bond acceptors (Lipinski definition) is 4. The van der Waals surface area contributed by atoms with Crippen LogP contribution in [0.15, 0.2) is 0 Å². The highest BCUT2D eigenvalue weighted by Crippen LogP contribution is 2.09. The number of nitrogens with zero attached hydrogens (tertiary/aromatic N) is 1. The van der Waals surface area contributed by atoms with Gasteiger partial charge in [-0.3, -0.25) is 10.2 Å². The smallest absolute Gasteiger partial charge is 0.232 e. The number of ether oxygens (including phenoxy) is 1. The van der Waals surface area contributed by atoms with E-state index in [2.05, 4.69) is 0 Å². The molecule has 1 amide bonds. The van der Waals surface area contributed by atoms with Gasteiger partial charge in [0.15, 0.2) is 5.90 Å². The SMILES string of the molecule is CCOC(=N)CC(=O)N1CC(O)C1. The molecule has 2 N–H and O–H groups in total. The normalized spacial score (nSPS) is 16.6. The predicted octanol–water partition coefficient (Wildman–Crippen LogP) is -0.407. The summed E-state index contributed by atoms with van der Waals surface area (Å²) in [7, 11) is 0. The Bertz CT molecular complexity index is 211. The number of rotatable bonds is 3. The molecule has 1 saturated heterocycles. The molecular formula is C8H14N2O3. The summed E-state index contributed by atoms with van der Waals surface area (Å²) in [6.45, 7) is 2.96. The van der Waals surface area contributed by atoms with Crippen LogP contribution in [0.2, 0.25) is 0 Å². The molecule has 0 aromatic rings. The summed E-state index contributed by atoms with van der Waals surface area (Å²) in [6.07, 6.45) is -0.383. The number of likely N-dealkylation sites (tertiary alicyclic amines) is 1. The molecule has 0 spiro atoms. The minimum atomic E-state index is -0.384. The van der Waals surface area contributed by atoms with Gasteiger partial charge in [0.05, 0.1) is 12.7 Å². The number of β-amino-alcohol motifs (C(OH)–C–C–N with tert-alkyl or cyclic N) is 1. The number of aliphatic hydroxyl groups is 1. The van der Waals surface area contributed by atoms with E-state index < -0.39 is 0 Å². The molecule has 0 aliphatic carbocycles. The molecule has 1 heterocycles. The minimum absolute atomic E-state index is 0.000556. The molecule has 13 heavy (non-hydrogen) atoms. The average molecular weight is 186 g/mol. The molecule has 0 atom stereocenters. The lowest BCUT2D eigenvalue weighted by Crippen LogP contribution is -2.53. The molecule has 1 aliphatic heterocycles. The van der Waals surface area contributed by atoms with Gasteiger partial charge in [0.1, 0.15) is 6.42 Å². The first kappa shape index (κ1) is 9.98. The third-order valence-corrected chi connectivity index (χ3v) is 1.85. The van der Waals surface area contributed by atoms with Crippen LogP contribution < -0.4 is 0 Å². The molecule has 5 nitrogen and oxygen atoms in total. The molecule has 0 radical (unpaired) electrons. The van der Waals surface area contributed by atoms with Gasteiger partial charge in [0.25, 0.3) is 0 Å². The zero-order chi connectivity index (χ0) is 9.84. The van der Waals surface area contributed by atoms with Gasteiger partial charge in [0.2, 0.25) is 5.91 Å². The first-order valence-corrected chi connectivity index (χ1v) is 4.29. The molecule has 0 saturated carbocycles. The molecule has 0 bridgehead atoms. The first-order valence-electron chi connectivity index (χ1n) is 4.29. The summed E-state index contributed by atoms with van der Waals surface area (Å²) < 4.78 is 4.83. The molecule has 5 heteroatoms. The molecule has 0 aromatic heterocycles. The van der Waals surface area contributed by atoms with Crippen molar-refractivity contribution in [2.45, 2.75) is 19.4 Å². The van der Waals surface area contributed by atoms with E-state index in [1.165, 1.54) is 4.90 Å². The average Bonchev–Trinajstić information content (AvgIpc) is 1.99. The van der Waals surface area contributed by atoms with Crippen LogP contribution in [0, 0.1) is 5.41 Å². The van der Waals surface area contributed by atoms with Gasteiger partial charge < -0.3 is 14.7 Å². The van der Waals surface area contributed by atoms with Gasteiger partial charge in [-0.15, -0.1) is 0 Å². The van der Waals surface area contributed by atoms with Gasteiger partial charge in [-0.05, 0) is 6.92 Å². The van der Waals surface area contributed by atoms with Crippen molar-refractivity contribution in [1.82, 2.24) is 4.90 Å². The number of amides is 1. The zero-order valence-corrected chi connectivity index (χ0v) is 7.62. The Kier molecular flexibility index (Phi) is 3.25. The van der Waals surface area contributed by atoms with Gasteiger partial charge in [-0.25, -0.2) is 0 Å². The summed E-state index contributed by atoms with van der Waals surface area (Å²) in [5, 5.41) is 16.2. The Morgan fingerprint density at radius 2 is 2.31 bits per heavy atom. The van der Waals surface area contributed by atoms with E-state index in [0.717, 1.165) is 0 Å². The van der Waals surface area contributed by atoms with Gasteiger partial charge in [-0.2, -0.15) is 0 Å². The van der Waals surface area contributed by atoms with Crippen molar-refractivity contribution >= 4 is 11.8 Å². The van der Waals surface area contributed by atoms with Crippen LogP contribution in [0.1, 0.15) is 13.3 Å². The van der Waals surface area contributed by atoms with Crippen molar-refractivity contribution < 1.29 is 14.6 Å². The van der Waals surface area contributed by atoms with E-state index in [1.54, 1.807) is 6.92 Å². The first-order chi connectivity index (χ1) is 6.13. The Morgan fingerprint density at radius 1 is 1.69 bits per heavy atom. The van der Waals surface area contributed by atoms with Crippen LogP contribution >= 0.6 is 0 Å². The van der Waals surface area contributed by atoms with Crippen LogP contribution in [0.25, 0.3) is 0 Å². The van der Waals surface area contributed by atoms with E-state index in [1.807, 2.05) is 0 Å². The fourth-order valence-corrected chi connectivity index (χ4v) is 1.13. The molecule has 0 unspecified atom stereocenters. The van der Waals surface area contributed by atoms with Crippen LogP contribution in [-0.4, -0.2) is 47.6 Å². The van der Waals surface area contributed by atoms with E-state index in [0.29, 0.717) is 19.7 Å². The molecule has 74 valence electrons. The fourth-order valence-electron chi connectivity index (χ4n) is 1.13. The van der Waals surface area contributed by atoms with Crippen molar-refractivity contribution in [1.29, 1.82) is 5.41 Å². The monoisotopic (exact) mass is 186 g/mol. The highest BCUT2D eigenvalue weighted by molar-refractivity contribution is 5.95. The summed E-state index contributed by atoms with van der Waals surface area (Å²) in [4.78, 5) is 12.8. The van der Waals surface area contributed by atoms with E-state index in [9.17, 15) is 4.79 Å². The van der Waals surface area contributed by atoms with Crippen molar-refractivity contribution in [3.05, 3.63) is 0 Å². The lowest BCUT2D eigenvalue weighted by molar-refractivity contribution is -0.140. The Morgan fingerprint density at radius 3 is 2.77 bits per heavy atom. The maximum atomic E-state index is 11.3. The van der Waals surface area contributed by atoms with E-state index >= 15 is 0 Å². The number of carbonyl (C=O) groups is 1. The minimum Gasteiger partial charge on any atom is -0.481 e. The summed E-state index contributed by atoms with van der Waals surface area (Å²) >= 11 is 0. The third kappa shape index (κ3) is 2.69. The molecular weight excluding hydrogens is 172 g/mol.